The van der Waals surface area contributed by atoms with Gasteiger partial charge in [0.2, 0.25) is 0 Å². The maximum atomic E-state index is 13.5. The third-order valence-electron chi connectivity index (χ3n) is 2.88. The number of phenols is 1. The zero-order valence-electron chi connectivity index (χ0n) is 10.8. The van der Waals surface area contributed by atoms with Crippen LogP contribution in [0.3, 0.4) is 0 Å². The molecular formula is C15H14F3NO. The average molecular weight is 281 g/mol. The molecule has 0 aliphatic rings. The highest BCUT2D eigenvalue weighted by atomic mass is 19.1. The van der Waals surface area contributed by atoms with Crippen molar-refractivity contribution in [1.82, 2.24) is 0 Å². The number of hydrogen-bond donors (Lipinski definition) is 2. The maximum absolute atomic E-state index is 13.5. The molecule has 0 heterocycles. The molecule has 0 bridgehead atoms. The molecule has 0 aliphatic carbocycles. The van der Waals surface area contributed by atoms with E-state index in [9.17, 15) is 18.3 Å². The fourth-order valence-corrected chi connectivity index (χ4v) is 1.96. The standard InChI is InChI=1S/C15H14F3NO/c1-9(6-10-2-4-12(20)5-3-10)19-15-13(17)7-11(16)8-14(15)18/h2-5,7-9,19-20H,6H2,1H3. The van der Waals surface area contributed by atoms with Crippen LogP contribution in [0.15, 0.2) is 36.4 Å². The molecule has 0 saturated carbocycles. The second-order valence-electron chi connectivity index (χ2n) is 4.66. The lowest BCUT2D eigenvalue weighted by Crippen LogP contribution is -2.20. The zero-order valence-corrected chi connectivity index (χ0v) is 10.8. The van der Waals surface area contributed by atoms with Crippen molar-refractivity contribution in [1.29, 1.82) is 0 Å². The summed E-state index contributed by atoms with van der Waals surface area (Å²) in [5, 5.41) is 11.9. The van der Waals surface area contributed by atoms with Gasteiger partial charge in [-0.25, -0.2) is 13.2 Å². The first-order valence-corrected chi connectivity index (χ1v) is 6.14. The van der Waals surface area contributed by atoms with Crippen LogP contribution in [0.1, 0.15) is 12.5 Å². The van der Waals surface area contributed by atoms with Crippen LogP contribution in [0.25, 0.3) is 0 Å². The highest BCUT2D eigenvalue weighted by molar-refractivity contribution is 5.47. The third kappa shape index (κ3) is 3.44. The van der Waals surface area contributed by atoms with Gasteiger partial charge >= 0.3 is 0 Å². The van der Waals surface area contributed by atoms with Gasteiger partial charge in [-0.2, -0.15) is 0 Å². The molecule has 0 saturated heterocycles. The fraction of sp³-hybridized carbons (Fsp3) is 0.200. The molecule has 1 atom stereocenters. The van der Waals surface area contributed by atoms with Gasteiger partial charge in [-0.3, -0.25) is 0 Å². The number of nitrogens with one attached hydrogen (secondary N) is 1. The predicted molar refractivity (Wildman–Crippen MR) is 71.2 cm³/mol. The Morgan fingerprint density at radius 1 is 1.05 bits per heavy atom. The number of hydrogen-bond acceptors (Lipinski definition) is 2. The minimum atomic E-state index is -0.958. The molecule has 2 N–H and O–H groups in total. The quantitative estimate of drug-likeness (QED) is 0.892. The van der Waals surface area contributed by atoms with E-state index in [1.165, 1.54) is 0 Å². The van der Waals surface area contributed by atoms with Crippen molar-refractivity contribution in [3.8, 4) is 5.75 Å². The Labute approximate surface area is 114 Å². The summed E-state index contributed by atoms with van der Waals surface area (Å²) < 4.78 is 39.8. The molecule has 0 amide bonds. The van der Waals surface area contributed by atoms with Gasteiger partial charge in [0.15, 0.2) is 11.6 Å². The minimum absolute atomic E-state index is 0.157. The van der Waals surface area contributed by atoms with Crippen LogP contribution in [0, 0.1) is 17.5 Å². The first-order valence-electron chi connectivity index (χ1n) is 6.14. The zero-order chi connectivity index (χ0) is 14.7. The minimum Gasteiger partial charge on any atom is -0.508 e. The molecule has 2 rings (SSSR count). The Hall–Kier alpha value is -2.17. The Balaban J connectivity index is 2.08. The van der Waals surface area contributed by atoms with Crippen molar-refractivity contribution >= 4 is 5.69 Å². The van der Waals surface area contributed by atoms with Crippen LogP contribution in [0.2, 0.25) is 0 Å². The summed E-state index contributed by atoms with van der Waals surface area (Å²) in [5.74, 6) is -2.71. The fourth-order valence-electron chi connectivity index (χ4n) is 1.96. The topological polar surface area (TPSA) is 32.3 Å². The number of benzene rings is 2. The van der Waals surface area contributed by atoms with Crippen LogP contribution in [0.5, 0.6) is 5.75 Å². The molecule has 0 aromatic heterocycles. The molecule has 2 aromatic rings. The van der Waals surface area contributed by atoms with Crippen LogP contribution >= 0.6 is 0 Å². The van der Waals surface area contributed by atoms with Gasteiger partial charge < -0.3 is 10.4 Å². The highest BCUT2D eigenvalue weighted by Crippen LogP contribution is 2.22. The first-order chi connectivity index (χ1) is 9.45. The van der Waals surface area contributed by atoms with Crippen molar-refractivity contribution < 1.29 is 18.3 Å². The van der Waals surface area contributed by atoms with Crippen LogP contribution < -0.4 is 5.32 Å². The number of rotatable bonds is 4. The van der Waals surface area contributed by atoms with E-state index in [0.717, 1.165) is 5.56 Å². The number of halogens is 3. The third-order valence-corrected chi connectivity index (χ3v) is 2.88. The summed E-state index contributed by atoms with van der Waals surface area (Å²) in [5.41, 5.74) is 0.573. The van der Waals surface area contributed by atoms with E-state index in [-0.39, 0.29) is 17.5 Å². The van der Waals surface area contributed by atoms with E-state index in [4.69, 9.17) is 0 Å². The van der Waals surface area contributed by atoms with E-state index in [1.807, 2.05) is 0 Å². The molecule has 106 valence electrons. The van der Waals surface area contributed by atoms with Crippen molar-refractivity contribution in [2.45, 2.75) is 19.4 Å². The van der Waals surface area contributed by atoms with E-state index in [2.05, 4.69) is 5.32 Å². The highest BCUT2D eigenvalue weighted by Gasteiger charge is 2.14. The predicted octanol–water partition coefficient (Wildman–Crippen LogP) is 3.85. The van der Waals surface area contributed by atoms with Gasteiger partial charge in [-0.05, 0) is 31.0 Å². The average Bonchev–Trinajstić information content (AvgIpc) is 2.36. The molecule has 20 heavy (non-hydrogen) atoms. The number of aromatic hydroxyl groups is 1. The molecule has 1 unspecified atom stereocenters. The Kier molecular flexibility index (Phi) is 4.17. The van der Waals surface area contributed by atoms with E-state index in [1.54, 1.807) is 31.2 Å². The van der Waals surface area contributed by atoms with Gasteiger partial charge in [0.25, 0.3) is 0 Å². The molecule has 0 aliphatic heterocycles. The number of anilines is 1. The first kappa shape index (κ1) is 14.2. The Bertz CT molecular complexity index is 576. The summed E-state index contributed by atoms with van der Waals surface area (Å²) in [7, 11) is 0. The van der Waals surface area contributed by atoms with Crippen LogP contribution in [-0.2, 0) is 6.42 Å². The second-order valence-corrected chi connectivity index (χ2v) is 4.66. The SMILES string of the molecule is CC(Cc1ccc(O)cc1)Nc1c(F)cc(F)cc1F. The Morgan fingerprint density at radius 3 is 2.15 bits per heavy atom. The van der Waals surface area contributed by atoms with Crippen LogP contribution in [-0.4, -0.2) is 11.1 Å². The summed E-state index contributed by atoms with van der Waals surface area (Å²) in [6.45, 7) is 1.76. The molecule has 2 aromatic carbocycles. The van der Waals surface area contributed by atoms with Crippen molar-refractivity contribution in [2.75, 3.05) is 5.32 Å². The molecule has 2 nitrogen and oxygen atoms in total. The van der Waals surface area contributed by atoms with Gasteiger partial charge in [0, 0.05) is 18.2 Å². The van der Waals surface area contributed by atoms with Crippen molar-refractivity contribution in [3.05, 3.63) is 59.4 Å². The van der Waals surface area contributed by atoms with Crippen LogP contribution in [0.4, 0.5) is 18.9 Å². The van der Waals surface area contributed by atoms with Gasteiger partial charge in [-0.15, -0.1) is 0 Å². The van der Waals surface area contributed by atoms with Gasteiger partial charge in [-0.1, -0.05) is 12.1 Å². The van der Waals surface area contributed by atoms with Crippen molar-refractivity contribution in [3.63, 3.8) is 0 Å². The Morgan fingerprint density at radius 2 is 1.60 bits per heavy atom. The molecule has 0 spiro atoms. The van der Waals surface area contributed by atoms with Gasteiger partial charge in [0.1, 0.15) is 17.3 Å². The van der Waals surface area contributed by atoms with E-state index >= 15 is 0 Å². The molecule has 5 heteroatoms. The normalized spacial score (nSPS) is 12.2. The lowest BCUT2D eigenvalue weighted by atomic mass is 10.1. The van der Waals surface area contributed by atoms with Gasteiger partial charge in [0.05, 0.1) is 0 Å². The summed E-state index contributed by atoms with van der Waals surface area (Å²) in [4.78, 5) is 0. The molecule has 0 fully saturated rings. The summed E-state index contributed by atoms with van der Waals surface area (Å²) >= 11 is 0. The summed E-state index contributed by atoms with van der Waals surface area (Å²) in [6, 6.07) is 7.56. The monoisotopic (exact) mass is 281 g/mol. The second kappa shape index (κ2) is 5.86. The summed E-state index contributed by atoms with van der Waals surface area (Å²) in [6.07, 6.45) is 0.510. The molecular weight excluding hydrogens is 267 g/mol. The number of phenolic OH excluding ortho intramolecular Hbond substituents is 1. The lowest BCUT2D eigenvalue weighted by Gasteiger charge is -2.16. The largest absolute Gasteiger partial charge is 0.508 e. The molecule has 0 radical (unpaired) electrons. The van der Waals surface area contributed by atoms with E-state index in [0.29, 0.717) is 18.6 Å². The van der Waals surface area contributed by atoms with Crippen molar-refractivity contribution in [2.24, 2.45) is 0 Å². The lowest BCUT2D eigenvalue weighted by molar-refractivity contribution is 0.475. The maximum Gasteiger partial charge on any atom is 0.152 e. The van der Waals surface area contributed by atoms with E-state index < -0.39 is 17.5 Å². The smallest absolute Gasteiger partial charge is 0.152 e.